The van der Waals surface area contributed by atoms with Crippen LogP contribution in [0.25, 0.3) is 21.8 Å². The number of hydrogen-bond acceptors (Lipinski definition) is 4. The van der Waals surface area contributed by atoms with Crippen LogP contribution >= 0.6 is 15.9 Å². The molecule has 0 saturated carbocycles. The third kappa shape index (κ3) is 6.43. The number of aryl methyl sites for hydroxylation is 2. The first-order chi connectivity index (χ1) is 20.8. The Balaban J connectivity index is 1.33. The van der Waals surface area contributed by atoms with Gasteiger partial charge in [-0.25, -0.2) is 0 Å². The Morgan fingerprint density at radius 3 is 2.21 bits per heavy atom. The molecule has 0 saturated heterocycles. The molecule has 1 amide bonds. The Kier molecular flexibility index (Phi) is 8.19. The summed E-state index contributed by atoms with van der Waals surface area (Å²) in [6.07, 6.45) is 7.23. The van der Waals surface area contributed by atoms with Gasteiger partial charge in [0.1, 0.15) is 5.82 Å². The van der Waals surface area contributed by atoms with Crippen molar-refractivity contribution in [1.82, 2.24) is 30.0 Å². The summed E-state index contributed by atoms with van der Waals surface area (Å²) in [7, 11) is 0. The zero-order valence-corrected chi connectivity index (χ0v) is 26.0. The molecule has 6 rings (SSSR count). The van der Waals surface area contributed by atoms with Crippen molar-refractivity contribution in [2.75, 3.05) is 0 Å². The van der Waals surface area contributed by atoms with E-state index in [4.69, 9.17) is 15.9 Å². The fourth-order valence-electron chi connectivity index (χ4n) is 5.58. The topological polar surface area (TPSA) is 117 Å². The molecule has 0 aliphatic rings. The van der Waals surface area contributed by atoms with E-state index in [1.807, 2.05) is 36.5 Å². The molecule has 1 atom stereocenters. The standard InChI is InChI=1S/C34H36BrN7O/c1-34(2,36)33(43)39-30(18-24-20-38-29-12-6-4-10-27(24)29)32-41-40-31(42(32)21-22-14-16-25(35)17-15-22)13-7-8-23-19-37-28-11-5-3-9-26(23)28/h3-6,9-12,14-17,19-20,30,37-38H,7-8,13,18,21,36H2,1-2H3,(H,39,43). The molecule has 1 unspecified atom stereocenters. The van der Waals surface area contributed by atoms with Gasteiger partial charge in [-0.05, 0) is 67.6 Å². The summed E-state index contributed by atoms with van der Waals surface area (Å²) in [4.78, 5) is 20.0. The number of amides is 1. The summed E-state index contributed by atoms with van der Waals surface area (Å²) in [6, 6.07) is 24.4. The van der Waals surface area contributed by atoms with Crippen LogP contribution in [0.1, 0.15) is 54.6 Å². The van der Waals surface area contributed by atoms with Crippen molar-refractivity contribution in [2.24, 2.45) is 5.73 Å². The first-order valence-corrected chi connectivity index (χ1v) is 15.4. The zero-order valence-electron chi connectivity index (χ0n) is 24.4. The van der Waals surface area contributed by atoms with E-state index in [0.717, 1.165) is 57.1 Å². The molecule has 3 aromatic heterocycles. The van der Waals surface area contributed by atoms with Gasteiger partial charge < -0.3 is 25.6 Å². The van der Waals surface area contributed by atoms with Crippen molar-refractivity contribution in [3.05, 3.63) is 118 Å². The molecule has 0 radical (unpaired) electrons. The smallest absolute Gasteiger partial charge is 0.240 e. The maximum absolute atomic E-state index is 13.3. The van der Waals surface area contributed by atoms with Crippen LogP contribution in [0.2, 0.25) is 0 Å². The Morgan fingerprint density at radius 1 is 0.907 bits per heavy atom. The lowest BCUT2D eigenvalue weighted by molar-refractivity contribution is -0.126. The molecule has 0 aliphatic heterocycles. The maximum atomic E-state index is 13.3. The highest BCUT2D eigenvalue weighted by molar-refractivity contribution is 9.10. The van der Waals surface area contributed by atoms with Gasteiger partial charge in [0.05, 0.1) is 18.1 Å². The third-order valence-corrected chi connectivity index (χ3v) is 8.46. The van der Waals surface area contributed by atoms with Crippen LogP contribution in [0.4, 0.5) is 0 Å². The van der Waals surface area contributed by atoms with Crippen molar-refractivity contribution in [2.45, 2.75) is 57.7 Å². The van der Waals surface area contributed by atoms with Crippen LogP contribution in [0.15, 0.2) is 89.7 Å². The molecule has 0 aliphatic carbocycles. The van der Waals surface area contributed by atoms with Gasteiger partial charge in [-0.3, -0.25) is 4.79 Å². The minimum atomic E-state index is -1.04. The number of aromatic nitrogens is 5. The number of para-hydroxylation sites is 2. The number of rotatable bonds is 11. The van der Waals surface area contributed by atoms with E-state index in [2.05, 4.69) is 84.4 Å². The van der Waals surface area contributed by atoms with Crippen LogP contribution < -0.4 is 11.1 Å². The first-order valence-electron chi connectivity index (χ1n) is 14.6. The summed E-state index contributed by atoms with van der Waals surface area (Å²) < 4.78 is 3.19. The van der Waals surface area contributed by atoms with Crippen molar-refractivity contribution in [3.63, 3.8) is 0 Å². The lowest BCUT2D eigenvalue weighted by Crippen LogP contribution is -2.50. The molecule has 0 spiro atoms. The minimum absolute atomic E-state index is 0.239. The van der Waals surface area contributed by atoms with E-state index in [-0.39, 0.29) is 5.91 Å². The summed E-state index contributed by atoms with van der Waals surface area (Å²) in [5, 5.41) is 15.0. The van der Waals surface area contributed by atoms with E-state index in [1.165, 1.54) is 10.9 Å². The Morgan fingerprint density at radius 2 is 1.53 bits per heavy atom. The number of halogens is 1. The molecule has 6 aromatic rings. The molecular formula is C34H36BrN7O. The number of aromatic amines is 2. The summed E-state index contributed by atoms with van der Waals surface area (Å²) in [5.74, 6) is 1.37. The van der Waals surface area contributed by atoms with Crippen molar-refractivity contribution < 1.29 is 4.79 Å². The molecule has 0 bridgehead atoms. The number of fused-ring (bicyclic) bond motifs is 2. The molecule has 220 valence electrons. The fourth-order valence-corrected chi connectivity index (χ4v) is 5.85. The number of nitrogens with zero attached hydrogens (tertiary/aromatic N) is 3. The second-order valence-corrected chi connectivity index (χ2v) is 12.6. The fraction of sp³-hybridized carbons (Fsp3) is 0.265. The van der Waals surface area contributed by atoms with Crippen LogP contribution in [0, 0.1) is 0 Å². The lowest BCUT2D eigenvalue weighted by atomic mass is 10.0. The summed E-state index contributed by atoms with van der Waals surface area (Å²) in [6.45, 7) is 4.02. The molecule has 8 nitrogen and oxygen atoms in total. The van der Waals surface area contributed by atoms with E-state index in [0.29, 0.717) is 18.8 Å². The van der Waals surface area contributed by atoms with E-state index < -0.39 is 11.6 Å². The number of carbonyl (C=O) groups excluding carboxylic acids is 1. The monoisotopic (exact) mass is 637 g/mol. The second kappa shape index (κ2) is 12.2. The first kappa shape index (κ1) is 28.9. The number of nitrogens with one attached hydrogen (secondary N) is 3. The van der Waals surface area contributed by atoms with Crippen molar-refractivity contribution in [3.8, 4) is 0 Å². The number of H-pyrrole nitrogens is 2. The maximum Gasteiger partial charge on any atom is 0.240 e. The van der Waals surface area contributed by atoms with Gasteiger partial charge in [0.25, 0.3) is 0 Å². The van der Waals surface area contributed by atoms with Gasteiger partial charge in [-0.1, -0.05) is 64.5 Å². The van der Waals surface area contributed by atoms with E-state index >= 15 is 0 Å². The number of nitrogens with two attached hydrogens (primary N) is 1. The van der Waals surface area contributed by atoms with E-state index in [1.54, 1.807) is 13.8 Å². The normalized spacial score (nSPS) is 12.7. The van der Waals surface area contributed by atoms with Gasteiger partial charge >= 0.3 is 0 Å². The minimum Gasteiger partial charge on any atom is -0.361 e. The number of carbonyl (C=O) groups is 1. The Labute approximate surface area is 259 Å². The Bertz CT molecular complexity index is 1860. The molecule has 3 heterocycles. The predicted octanol–water partition coefficient (Wildman–Crippen LogP) is 6.36. The van der Waals surface area contributed by atoms with E-state index in [9.17, 15) is 4.79 Å². The van der Waals surface area contributed by atoms with Crippen LogP contribution in [0.5, 0.6) is 0 Å². The molecular weight excluding hydrogens is 602 g/mol. The SMILES string of the molecule is CC(C)(N)C(=O)NC(Cc1c[nH]c2ccccc12)c1nnc(CCCc2c[nH]c3ccccc23)n1Cc1ccc(Br)cc1. The lowest BCUT2D eigenvalue weighted by Gasteiger charge is -2.25. The van der Waals surface area contributed by atoms with Crippen molar-refractivity contribution in [1.29, 1.82) is 0 Å². The molecule has 5 N–H and O–H groups in total. The molecule has 43 heavy (non-hydrogen) atoms. The average Bonchev–Trinajstić information content (AvgIpc) is 3.71. The van der Waals surface area contributed by atoms with Gasteiger partial charge in [0.15, 0.2) is 5.82 Å². The van der Waals surface area contributed by atoms with Gasteiger partial charge in [-0.15, -0.1) is 10.2 Å². The highest BCUT2D eigenvalue weighted by atomic mass is 79.9. The van der Waals surface area contributed by atoms with Crippen molar-refractivity contribution >= 4 is 43.6 Å². The predicted molar refractivity (Wildman–Crippen MR) is 175 cm³/mol. The van der Waals surface area contributed by atoms with Gasteiger partial charge in [0, 0.05) is 51.5 Å². The zero-order chi connectivity index (χ0) is 30.0. The van der Waals surface area contributed by atoms with Gasteiger partial charge in [0.2, 0.25) is 5.91 Å². The quantitative estimate of drug-likeness (QED) is 0.132. The second-order valence-electron chi connectivity index (χ2n) is 11.7. The summed E-state index contributed by atoms with van der Waals surface area (Å²) in [5.41, 5.74) is 10.9. The molecule has 3 aromatic carbocycles. The molecule has 9 heteroatoms. The van der Waals surface area contributed by atoms with Crippen LogP contribution in [-0.4, -0.2) is 36.2 Å². The number of hydrogen-bond donors (Lipinski definition) is 4. The Hall–Kier alpha value is -4.21. The number of benzene rings is 3. The van der Waals surface area contributed by atoms with Crippen LogP contribution in [-0.2, 0) is 30.6 Å². The molecule has 0 fully saturated rings. The highest BCUT2D eigenvalue weighted by Crippen LogP contribution is 2.27. The highest BCUT2D eigenvalue weighted by Gasteiger charge is 2.29. The van der Waals surface area contributed by atoms with Crippen LogP contribution in [0.3, 0.4) is 0 Å². The van der Waals surface area contributed by atoms with Gasteiger partial charge in [-0.2, -0.15) is 0 Å². The largest absolute Gasteiger partial charge is 0.361 e. The average molecular weight is 639 g/mol. The summed E-state index contributed by atoms with van der Waals surface area (Å²) >= 11 is 3.55. The third-order valence-electron chi connectivity index (χ3n) is 7.93.